The number of hydrogen-bond donors (Lipinski definition) is 1. The minimum absolute atomic E-state index is 0.297. The predicted molar refractivity (Wildman–Crippen MR) is 51.4 cm³/mol. The van der Waals surface area contributed by atoms with Crippen LogP contribution in [-0.2, 0) is 0 Å². The fourth-order valence-corrected chi connectivity index (χ4v) is 1.02. The lowest BCUT2D eigenvalue weighted by molar-refractivity contribution is 0.620. The fourth-order valence-electron chi connectivity index (χ4n) is 1.02. The van der Waals surface area contributed by atoms with Gasteiger partial charge in [0.05, 0.1) is 18.1 Å². The summed E-state index contributed by atoms with van der Waals surface area (Å²) in [6.07, 6.45) is 2.86. The summed E-state index contributed by atoms with van der Waals surface area (Å²) in [6, 6.07) is 1.47. The molecule has 0 radical (unpaired) electrons. The van der Waals surface area contributed by atoms with Crippen LogP contribution < -0.4 is 10.2 Å². The highest BCUT2D eigenvalue weighted by atomic mass is 19.1. The Bertz CT molecular complexity index is 265. The van der Waals surface area contributed by atoms with Crippen molar-refractivity contribution in [2.24, 2.45) is 0 Å². The van der Waals surface area contributed by atoms with Crippen molar-refractivity contribution < 1.29 is 4.39 Å². The third kappa shape index (κ3) is 2.99. The van der Waals surface area contributed by atoms with E-state index in [-0.39, 0.29) is 5.82 Å². The molecule has 0 aliphatic carbocycles. The Labute approximate surface area is 77.6 Å². The Morgan fingerprint density at radius 2 is 2.31 bits per heavy atom. The van der Waals surface area contributed by atoms with Crippen molar-refractivity contribution in [3.63, 3.8) is 0 Å². The highest BCUT2D eigenvalue weighted by molar-refractivity contribution is 5.42. The van der Waals surface area contributed by atoms with Crippen LogP contribution in [-0.4, -0.2) is 32.2 Å². The van der Waals surface area contributed by atoms with Gasteiger partial charge >= 0.3 is 0 Å². The summed E-state index contributed by atoms with van der Waals surface area (Å²) in [5, 5.41) is 3.03. The minimum atomic E-state index is -0.297. The summed E-state index contributed by atoms with van der Waals surface area (Å²) in [7, 11) is 3.80. The van der Waals surface area contributed by atoms with Crippen molar-refractivity contribution >= 4 is 5.69 Å². The van der Waals surface area contributed by atoms with E-state index in [4.69, 9.17) is 0 Å². The van der Waals surface area contributed by atoms with Gasteiger partial charge in [-0.05, 0) is 7.05 Å². The van der Waals surface area contributed by atoms with Crippen molar-refractivity contribution in [1.29, 1.82) is 0 Å². The molecule has 0 amide bonds. The molecule has 0 saturated heterocycles. The molecule has 4 heteroatoms. The second-order valence-corrected chi connectivity index (χ2v) is 2.89. The molecule has 1 N–H and O–H groups in total. The molecule has 0 aromatic carbocycles. The number of anilines is 1. The second-order valence-electron chi connectivity index (χ2n) is 2.89. The van der Waals surface area contributed by atoms with Crippen LogP contribution in [0.4, 0.5) is 10.1 Å². The summed E-state index contributed by atoms with van der Waals surface area (Å²) in [4.78, 5) is 5.73. The zero-order valence-electron chi connectivity index (χ0n) is 7.92. The first-order valence-corrected chi connectivity index (χ1v) is 4.20. The molecule has 1 heterocycles. The van der Waals surface area contributed by atoms with Gasteiger partial charge in [0, 0.05) is 26.2 Å². The molecule has 0 spiro atoms. The summed E-state index contributed by atoms with van der Waals surface area (Å²) < 4.78 is 12.7. The SMILES string of the molecule is CNCCN(C)c1cncc(F)c1. The molecule has 13 heavy (non-hydrogen) atoms. The molecule has 3 nitrogen and oxygen atoms in total. The minimum Gasteiger partial charge on any atom is -0.372 e. The number of hydrogen-bond acceptors (Lipinski definition) is 3. The van der Waals surface area contributed by atoms with Gasteiger partial charge < -0.3 is 10.2 Å². The Balaban J connectivity index is 2.60. The van der Waals surface area contributed by atoms with E-state index in [1.54, 1.807) is 6.20 Å². The second kappa shape index (κ2) is 4.77. The highest BCUT2D eigenvalue weighted by Gasteiger charge is 2.00. The average Bonchev–Trinajstić information content (AvgIpc) is 2.14. The van der Waals surface area contributed by atoms with Crippen molar-refractivity contribution in [3.8, 4) is 0 Å². The van der Waals surface area contributed by atoms with Gasteiger partial charge in [-0.25, -0.2) is 4.39 Å². The van der Waals surface area contributed by atoms with Gasteiger partial charge in [-0.1, -0.05) is 0 Å². The van der Waals surface area contributed by atoms with Crippen LogP contribution in [0.3, 0.4) is 0 Å². The maximum atomic E-state index is 12.7. The van der Waals surface area contributed by atoms with Gasteiger partial charge in [0.1, 0.15) is 5.82 Å². The molecule has 0 fully saturated rings. The molecule has 0 atom stereocenters. The van der Waals surface area contributed by atoms with Crippen molar-refractivity contribution in [1.82, 2.24) is 10.3 Å². The van der Waals surface area contributed by atoms with E-state index in [9.17, 15) is 4.39 Å². The van der Waals surface area contributed by atoms with E-state index < -0.39 is 0 Å². The van der Waals surface area contributed by atoms with Crippen LogP contribution in [0.5, 0.6) is 0 Å². The smallest absolute Gasteiger partial charge is 0.143 e. The van der Waals surface area contributed by atoms with Gasteiger partial charge in [-0.2, -0.15) is 0 Å². The molecule has 1 aromatic heterocycles. The third-order valence-corrected chi connectivity index (χ3v) is 1.83. The van der Waals surface area contributed by atoms with Crippen LogP contribution in [0.1, 0.15) is 0 Å². The lowest BCUT2D eigenvalue weighted by Gasteiger charge is -2.18. The monoisotopic (exact) mass is 183 g/mol. The van der Waals surface area contributed by atoms with Gasteiger partial charge in [0.2, 0.25) is 0 Å². The maximum Gasteiger partial charge on any atom is 0.143 e. The molecule has 1 rings (SSSR count). The number of aromatic nitrogens is 1. The number of rotatable bonds is 4. The molecule has 0 unspecified atom stereocenters. The molecule has 0 saturated carbocycles. The van der Waals surface area contributed by atoms with Crippen molar-refractivity contribution in [3.05, 3.63) is 24.3 Å². The van der Waals surface area contributed by atoms with Gasteiger partial charge in [0.25, 0.3) is 0 Å². The van der Waals surface area contributed by atoms with Crippen LogP contribution in [0.15, 0.2) is 18.5 Å². The molecular formula is C9H14FN3. The summed E-state index contributed by atoms with van der Waals surface area (Å²) in [5.41, 5.74) is 0.801. The topological polar surface area (TPSA) is 28.2 Å². The maximum absolute atomic E-state index is 12.7. The van der Waals surface area contributed by atoms with E-state index in [0.717, 1.165) is 18.8 Å². The lowest BCUT2D eigenvalue weighted by Crippen LogP contribution is -2.27. The first-order valence-electron chi connectivity index (χ1n) is 4.20. The zero-order chi connectivity index (χ0) is 9.68. The number of nitrogens with zero attached hydrogens (tertiary/aromatic N) is 2. The molecule has 1 aromatic rings. The summed E-state index contributed by atoms with van der Waals surface area (Å²) in [5.74, 6) is -0.297. The van der Waals surface area contributed by atoms with Crippen LogP contribution in [0.2, 0.25) is 0 Å². The third-order valence-electron chi connectivity index (χ3n) is 1.83. The average molecular weight is 183 g/mol. The van der Waals surface area contributed by atoms with E-state index in [2.05, 4.69) is 10.3 Å². The summed E-state index contributed by atoms with van der Waals surface area (Å²) >= 11 is 0. The molecular weight excluding hydrogens is 169 g/mol. The van der Waals surface area contributed by atoms with Gasteiger partial charge in [0.15, 0.2) is 0 Å². The Morgan fingerprint density at radius 3 is 2.92 bits per heavy atom. The first-order chi connectivity index (χ1) is 6.24. The first kappa shape index (κ1) is 9.92. The van der Waals surface area contributed by atoms with E-state index in [1.165, 1.54) is 12.3 Å². The van der Waals surface area contributed by atoms with Gasteiger partial charge in [-0.3, -0.25) is 4.98 Å². The van der Waals surface area contributed by atoms with E-state index in [1.807, 2.05) is 19.0 Å². The molecule has 0 aliphatic heterocycles. The van der Waals surface area contributed by atoms with Crippen LogP contribution >= 0.6 is 0 Å². The van der Waals surface area contributed by atoms with Crippen molar-refractivity contribution in [2.75, 3.05) is 32.1 Å². The Morgan fingerprint density at radius 1 is 1.54 bits per heavy atom. The number of nitrogens with one attached hydrogen (secondary N) is 1. The Hall–Kier alpha value is -1.16. The van der Waals surface area contributed by atoms with E-state index in [0.29, 0.717) is 0 Å². The largest absolute Gasteiger partial charge is 0.372 e. The van der Waals surface area contributed by atoms with Crippen LogP contribution in [0.25, 0.3) is 0 Å². The number of pyridine rings is 1. The summed E-state index contributed by atoms with van der Waals surface area (Å²) in [6.45, 7) is 1.70. The molecule has 0 bridgehead atoms. The number of likely N-dealkylation sites (N-methyl/N-ethyl adjacent to an activating group) is 2. The normalized spacial score (nSPS) is 10.1. The molecule has 0 aliphatic rings. The van der Waals surface area contributed by atoms with Gasteiger partial charge in [-0.15, -0.1) is 0 Å². The highest BCUT2D eigenvalue weighted by Crippen LogP contribution is 2.10. The van der Waals surface area contributed by atoms with Crippen LogP contribution in [0, 0.1) is 5.82 Å². The zero-order valence-corrected chi connectivity index (χ0v) is 7.92. The lowest BCUT2D eigenvalue weighted by atomic mass is 10.3. The molecule has 72 valence electrons. The van der Waals surface area contributed by atoms with Crippen molar-refractivity contribution in [2.45, 2.75) is 0 Å². The standard InChI is InChI=1S/C9H14FN3/c1-11-3-4-13(2)9-5-8(10)6-12-7-9/h5-7,11H,3-4H2,1-2H3. The predicted octanol–water partition coefficient (Wildman–Crippen LogP) is 0.876. The quantitative estimate of drug-likeness (QED) is 0.751. The fraction of sp³-hybridized carbons (Fsp3) is 0.444. The number of halogens is 1. The van der Waals surface area contributed by atoms with E-state index >= 15 is 0 Å². The Kier molecular flexibility index (Phi) is 3.64.